The standard InChI is InChI=1S/C14H20N4/c1-11-13(9-15)3-4-14(17-11)18-7-5-12(6-8-18)10-16-2/h3-4,12,16H,5-8,10H2,1-2H3. The van der Waals surface area contributed by atoms with Gasteiger partial charge in [-0.3, -0.25) is 0 Å². The highest BCUT2D eigenvalue weighted by Crippen LogP contribution is 2.22. The number of rotatable bonds is 3. The molecule has 0 unspecified atom stereocenters. The number of nitriles is 1. The Kier molecular flexibility index (Phi) is 4.16. The molecular formula is C14H20N4. The van der Waals surface area contributed by atoms with Crippen molar-refractivity contribution < 1.29 is 0 Å². The third-order valence-electron chi connectivity index (χ3n) is 3.62. The summed E-state index contributed by atoms with van der Waals surface area (Å²) in [6, 6.07) is 5.99. The van der Waals surface area contributed by atoms with E-state index in [9.17, 15) is 0 Å². The van der Waals surface area contributed by atoms with Crippen molar-refractivity contribution in [2.45, 2.75) is 19.8 Å². The molecule has 0 aliphatic carbocycles. The van der Waals surface area contributed by atoms with E-state index in [-0.39, 0.29) is 0 Å². The van der Waals surface area contributed by atoms with Gasteiger partial charge in [-0.1, -0.05) is 0 Å². The highest BCUT2D eigenvalue weighted by Gasteiger charge is 2.19. The van der Waals surface area contributed by atoms with E-state index in [1.807, 2.05) is 26.1 Å². The molecule has 1 N–H and O–H groups in total. The van der Waals surface area contributed by atoms with Crippen LogP contribution in [0.2, 0.25) is 0 Å². The van der Waals surface area contributed by atoms with Crippen molar-refractivity contribution in [1.82, 2.24) is 10.3 Å². The maximum atomic E-state index is 8.90. The Morgan fingerprint density at radius 2 is 2.17 bits per heavy atom. The average Bonchev–Trinajstić information content (AvgIpc) is 2.40. The van der Waals surface area contributed by atoms with Gasteiger partial charge < -0.3 is 10.2 Å². The van der Waals surface area contributed by atoms with E-state index in [1.54, 1.807) is 0 Å². The Morgan fingerprint density at radius 3 is 2.72 bits per heavy atom. The number of nitrogens with zero attached hydrogens (tertiary/aromatic N) is 3. The molecule has 18 heavy (non-hydrogen) atoms. The molecule has 1 fully saturated rings. The molecule has 0 radical (unpaired) electrons. The van der Waals surface area contributed by atoms with E-state index < -0.39 is 0 Å². The first-order chi connectivity index (χ1) is 8.74. The largest absolute Gasteiger partial charge is 0.357 e. The summed E-state index contributed by atoms with van der Waals surface area (Å²) in [5.74, 6) is 1.79. The fraction of sp³-hybridized carbons (Fsp3) is 0.571. The lowest BCUT2D eigenvalue weighted by Gasteiger charge is -2.32. The van der Waals surface area contributed by atoms with Crippen molar-refractivity contribution in [2.24, 2.45) is 5.92 Å². The van der Waals surface area contributed by atoms with Crippen LogP contribution in [-0.4, -0.2) is 31.7 Å². The van der Waals surface area contributed by atoms with Gasteiger partial charge in [0, 0.05) is 13.1 Å². The minimum Gasteiger partial charge on any atom is -0.357 e. The Morgan fingerprint density at radius 1 is 1.44 bits per heavy atom. The lowest BCUT2D eigenvalue weighted by Crippen LogP contribution is -2.37. The average molecular weight is 244 g/mol. The fourth-order valence-electron chi connectivity index (χ4n) is 2.50. The second kappa shape index (κ2) is 5.83. The molecule has 0 amide bonds. The Bertz CT molecular complexity index is 442. The molecule has 1 aliphatic rings. The number of aryl methyl sites for hydroxylation is 1. The number of hydrogen-bond donors (Lipinski definition) is 1. The zero-order valence-electron chi connectivity index (χ0n) is 11.1. The van der Waals surface area contributed by atoms with Gasteiger partial charge in [-0.25, -0.2) is 4.98 Å². The van der Waals surface area contributed by atoms with Crippen LogP contribution in [0.25, 0.3) is 0 Å². The van der Waals surface area contributed by atoms with Gasteiger partial charge in [-0.05, 0) is 51.4 Å². The van der Waals surface area contributed by atoms with Crippen LogP contribution in [0.4, 0.5) is 5.82 Å². The molecule has 0 bridgehead atoms. The normalized spacial score (nSPS) is 16.6. The summed E-state index contributed by atoms with van der Waals surface area (Å²) >= 11 is 0. The predicted molar refractivity (Wildman–Crippen MR) is 72.6 cm³/mol. The van der Waals surface area contributed by atoms with E-state index in [1.165, 1.54) is 12.8 Å². The summed E-state index contributed by atoms with van der Waals surface area (Å²) in [7, 11) is 2.01. The van der Waals surface area contributed by atoms with Gasteiger partial charge >= 0.3 is 0 Å². The maximum absolute atomic E-state index is 8.90. The second-order valence-corrected chi connectivity index (χ2v) is 4.90. The Hall–Kier alpha value is -1.60. The number of nitrogens with one attached hydrogen (secondary N) is 1. The molecule has 2 rings (SSSR count). The summed E-state index contributed by atoms with van der Waals surface area (Å²) in [5, 5.41) is 12.1. The molecule has 2 heterocycles. The highest BCUT2D eigenvalue weighted by molar-refractivity contribution is 5.45. The van der Waals surface area contributed by atoms with Crippen LogP contribution in [0.1, 0.15) is 24.1 Å². The summed E-state index contributed by atoms with van der Waals surface area (Å²) in [6.45, 7) is 5.12. The summed E-state index contributed by atoms with van der Waals surface area (Å²) in [4.78, 5) is 6.85. The third-order valence-corrected chi connectivity index (χ3v) is 3.62. The molecule has 0 spiro atoms. The number of anilines is 1. The van der Waals surface area contributed by atoms with Gasteiger partial charge in [-0.2, -0.15) is 5.26 Å². The Labute approximate surface area is 109 Å². The smallest absolute Gasteiger partial charge is 0.128 e. The Balaban J connectivity index is 2.02. The van der Waals surface area contributed by atoms with Crippen molar-refractivity contribution in [3.63, 3.8) is 0 Å². The van der Waals surface area contributed by atoms with Crippen LogP contribution in [0.3, 0.4) is 0 Å². The molecule has 4 heteroatoms. The highest BCUT2D eigenvalue weighted by atomic mass is 15.2. The lowest BCUT2D eigenvalue weighted by molar-refractivity contribution is 0.392. The number of pyridine rings is 1. The molecule has 0 saturated carbocycles. The summed E-state index contributed by atoms with van der Waals surface area (Å²) in [6.07, 6.45) is 2.42. The van der Waals surface area contributed by atoms with Crippen molar-refractivity contribution >= 4 is 5.82 Å². The molecule has 96 valence electrons. The first-order valence-electron chi connectivity index (χ1n) is 6.52. The monoisotopic (exact) mass is 244 g/mol. The quantitative estimate of drug-likeness (QED) is 0.879. The zero-order valence-corrected chi connectivity index (χ0v) is 11.1. The van der Waals surface area contributed by atoms with Crippen LogP contribution in [0.15, 0.2) is 12.1 Å². The summed E-state index contributed by atoms with van der Waals surface area (Å²) < 4.78 is 0. The van der Waals surface area contributed by atoms with E-state index >= 15 is 0 Å². The molecular weight excluding hydrogens is 224 g/mol. The number of hydrogen-bond acceptors (Lipinski definition) is 4. The third kappa shape index (κ3) is 2.80. The van der Waals surface area contributed by atoms with E-state index in [4.69, 9.17) is 5.26 Å². The molecule has 1 saturated heterocycles. The fourth-order valence-corrected chi connectivity index (χ4v) is 2.50. The second-order valence-electron chi connectivity index (χ2n) is 4.90. The first-order valence-corrected chi connectivity index (χ1v) is 6.52. The zero-order chi connectivity index (χ0) is 13.0. The van der Waals surface area contributed by atoms with E-state index in [0.717, 1.165) is 37.1 Å². The predicted octanol–water partition coefficient (Wildman–Crippen LogP) is 1.70. The maximum Gasteiger partial charge on any atom is 0.128 e. The van der Waals surface area contributed by atoms with Crippen LogP contribution in [0.5, 0.6) is 0 Å². The number of piperidine rings is 1. The van der Waals surface area contributed by atoms with E-state index in [2.05, 4.69) is 21.3 Å². The van der Waals surface area contributed by atoms with Crippen molar-refractivity contribution in [3.8, 4) is 6.07 Å². The molecule has 0 atom stereocenters. The molecule has 0 aromatic carbocycles. The molecule has 1 aliphatic heterocycles. The SMILES string of the molecule is CNCC1CCN(c2ccc(C#N)c(C)n2)CC1. The molecule has 1 aromatic rings. The van der Waals surface area contributed by atoms with Gasteiger partial charge in [0.05, 0.1) is 11.3 Å². The van der Waals surface area contributed by atoms with Gasteiger partial charge in [0.15, 0.2) is 0 Å². The van der Waals surface area contributed by atoms with Gasteiger partial charge in [0.1, 0.15) is 11.9 Å². The molecule has 1 aromatic heterocycles. The van der Waals surface area contributed by atoms with E-state index in [0.29, 0.717) is 5.56 Å². The lowest BCUT2D eigenvalue weighted by atomic mass is 9.97. The van der Waals surface area contributed by atoms with Crippen LogP contribution >= 0.6 is 0 Å². The van der Waals surface area contributed by atoms with Gasteiger partial charge in [0.25, 0.3) is 0 Å². The van der Waals surface area contributed by atoms with Crippen LogP contribution < -0.4 is 10.2 Å². The number of aromatic nitrogens is 1. The van der Waals surface area contributed by atoms with Crippen molar-refractivity contribution in [3.05, 3.63) is 23.4 Å². The topological polar surface area (TPSA) is 52.0 Å². The van der Waals surface area contributed by atoms with Gasteiger partial charge in [0.2, 0.25) is 0 Å². The van der Waals surface area contributed by atoms with Crippen LogP contribution in [-0.2, 0) is 0 Å². The van der Waals surface area contributed by atoms with Crippen molar-refractivity contribution in [1.29, 1.82) is 5.26 Å². The van der Waals surface area contributed by atoms with Crippen LogP contribution in [0, 0.1) is 24.2 Å². The minimum atomic E-state index is 0.670. The molecule has 4 nitrogen and oxygen atoms in total. The van der Waals surface area contributed by atoms with Crippen molar-refractivity contribution in [2.75, 3.05) is 31.6 Å². The van der Waals surface area contributed by atoms with Gasteiger partial charge in [-0.15, -0.1) is 0 Å². The first kappa shape index (κ1) is 12.8. The minimum absolute atomic E-state index is 0.670. The summed E-state index contributed by atoms with van der Waals surface area (Å²) in [5.41, 5.74) is 1.50.